The minimum absolute atomic E-state index is 0.0266. The molecule has 0 aliphatic carbocycles. The molecule has 0 spiro atoms. The third-order valence-electron chi connectivity index (χ3n) is 14.3. The molecule has 69 heavy (non-hydrogen) atoms. The molecule has 2 aromatic heterocycles. The molecule has 3 saturated heterocycles. The minimum Gasteiger partial charge on any atom is -0.355 e. The molecule has 3 N–H and O–H groups in total. The van der Waals surface area contributed by atoms with Crippen LogP contribution in [0.1, 0.15) is 90.4 Å². The molecule has 0 saturated carbocycles. The fourth-order valence-electron chi connectivity index (χ4n) is 10.7. The van der Waals surface area contributed by atoms with Gasteiger partial charge in [0.15, 0.2) is 5.69 Å². The normalized spacial score (nSPS) is 18.5. The number of hydrogen-bond acceptors (Lipinski definition) is 9. The largest absolute Gasteiger partial charge is 0.355 e. The highest BCUT2D eigenvalue weighted by Crippen LogP contribution is 2.46. The molecule has 4 aliphatic heterocycles. The third kappa shape index (κ3) is 8.13. The van der Waals surface area contributed by atoms with Crippen molar-refractivity contribution in [2.75, 3.05) is 48.3 Å². The number of piperidine rings is 2. The maximum Gasteiger partial charge on any atom is 0.276 e. The van der Waals surface area contributed by atoms with E-state index in [1.807, 2.05) is 55.1 Å². The van der Waals surface area contributed by atoms with Crippen LogP contribution in [0.15, 0.2) is 85.2 Å². The molecule has 4 aliphatic rings. The van der Waals surface area contributed by atoms with E-state index in [0.717, 1.165) is 67.7 Å². The van der Waals surface area contributed by atoms with Gasteiger partial charge in [0.25, 0.3) is 11.8 Å². The first-order valence-electron chi connectivity index (χ1n) is 23.5. The summed E-state index contributed by atoms with van der Waals surface area (Å²) in [4.78, 5) is 83.5. The van der Waals surface area contributed by atoms with E-state index in [1.54, 1.807) is 53.4 Å². The summed E-state index contributed by atoms with van der Waals surface area (Å²) >= 11 is 0. The third-order valence-corrected chi connectivity index (χ3v) is 14.3. The van der Waals surface area contributed by atoms with Crippen LogP contribution in [0, 0.1) is 5.82 Å². The minimum atomic E-state index is -0.831. The maximum absolute atomic E-state index is 17.2. The second-order valence-electron chi connectivity index (χ2n) is 18.9. The summed E-state index contributed by atoms with van der Waals surface area (Å²) in [5.74, 6) is -2.45. The van der Waals surface area contributed by atoms with Gasteiger partial charge in [-0.3, -0.25) is 48.3 Å². The number of carbonyl (C=O) groups is 6. The summed E-state index contributed by atoms with van der Waals surface area (Å²) in [6.07, 6.45) is 7.84. The number of rotatable bonds is 11. The van der Waals surface area contributed by atoms with Gasteiger partial charge in [0.05, 0.1) is 28.6 Å². The summed E-state index contributed by atoms with van der Waals surface area (Å²) in [5.41, 5.74) is 5.88. The first-order valence-corrected chi connectivity index (χ1v) is 23.5. The fraction of sp³-hybridized carbons (Fsp3) is 0.346. The lowest BCUT2D eigenvalue weighted by atomic mass is 9.82. The Kier molecular flexibility index (Phi) is 11.7. The number of anilines is 3. The standard InChI is InChI=1S/C52H53FN10O6/c1-52(2)45-30(8-6-11-40(45)63(51(52)69)41-17-18-42(64)57-49(41)67)19-23-60-24-20-34(21-25-60)62-29-32(28-55-62)38-27-35(61-22-7-12-43(61)65)13-14-36(38)37-15-16-39-44(46(37)53)47(58-59(39)4)50(68)56-33-10-5-9-31(26-33)48(66)54-3/h5-6,8-11,13-16,26-29,34,41H,7,12,17-25H2,1-4H3,(H,54,66)(H,56,68)(H,57,64,67). The van der Waals surface area contributed by atoms with Crippen LogP contribution in [-0.2, 0) is 38.1 Å². The fourth-order valence-corrected chi connectivity index (χ4v) is 10.7. The molecule has 6 aromatic rings. The van der Waals surface area contributed by atoms with E-state index in [9.17, 15) is 28.8 Å². The molecular formula is C52H53FN10O6. The van der Waals surface area contributed by atoms with Gasteiger partial charge in [0.2, 0.25) is 23.6 Å². The Morgan fingerprint density at radius 2 is 1.67 bits per heavy atom. The van der Waals surface area contributed by atoms with E-state index in [0.29, 0.717) is 53.0 Å². The summed E-state index contributed by atoms with van der Waals surface area (Å²) in [5, 5.41) is 17.1. The van der Waals surface area contributed by atoms with Gasteiger partial charge in [-0.2, -0.15) is 10.2 Å². The molecule has 6 amide bonds. The maximum atomic E-state index is 17.2. The summed E-state index contributed by atoms with van der Waals surface area (Å²) < 4.78 is 20.7. The Labute approximate surface area is 397 Å². The number of benzene rings is 4. The van der Waals surface area contributed by atoms with Crippen LogP contribution in [0.4, 0.5) is 21.5 Å². The molecule has 6 heterocycles. The van der Waals surface area contributed by atoms with E-state index in [-0.39, 0.29) is 52.7 Å². The Morgan fingerprint density at radius 1 is 0.884 bits per heavy atom. The first kappa shape index (κ1) is 45.3. The van der Waals surface area contributed by atoms with E-state index >= 15 is 4.39 Å². The van der Waals surface area contributed by atoms with E-state index in [1.165, 1.54) is 17.8 Å². The van der Waals surface area contributed by atoms with Gasteiger partial charge in [-0.1, -0.05) is 24.3 Å². The van der Waals surface area contributed by atoms with Crippen LogP contribution >= 0.6 is 0 Å². The quantitative estimate of drug-likeness (QED) is 0.126. The first-order chi connectivity index (χ1) is 33.2. The van der Waals surface area contributed by atoms with Crippen molar-refractivity contribution in [3.63, 3.8) is 0 Å². The van der Waals surface area contributed by atoms with E-state index in [4.69, 9.17) is 5.10 Å². The number of aromatic nitrogens is 4. The van der Waals surface area contributed by atoms with Crippen molar-refractivity contribution in [1.29, 1.82) is 0 Å². The van der Waals surface area contributed by atoms with Crippen LogP contribution in [0.25, 0.3) is 33.2 Å². The van der Waals surface area contributed by atoms with Crippen molar-refractivity contribution >= 4 is 63.4 Å². The molecule has 1 unspecified atom stereocenters. The molecule has 10 rings (SSSR count). The zero-order chi connectivity index (χ0) is 48.3. The Bertz CT molecular complexity index is 3110. The van der Waals surface area contributed by atoms with Gasteiger partial charge in [-0.25, -0.2) is 4.39 Å². The van der Waals surface area contributed by atoms with Gasteiger partial charge in [-0.15, -0.1) is 0 Å². The number of nitrogens with one attached hydrogen (secondary N) is 3. The predicted octanol–water partition coefficient (Wildman–Crippen LogP) is 6.29. The number of likely N-dealkylation sites (tertiary alicyclic amines) is 1. The number of fused-ring (bicyclic) bond motifs is 2. The average molecular weight is 933 g/mol. The van der Waals surface area contributed by atoms with Crippen molar-refractivity contribution in [1.82, 2.24) is 35.1 Å². The highest BCUT2D eigenvalue weighted by atomic mass is 19.1. The molecule has 0 bridgehead atoms. The van der Waals surface area contributed by atoms with Crippen molar-refractivity contribution in [2.24, 2.45) is 7.05 Å². The van der Waals surface area contributed by atoms with Crippen LogP contribution in [0.2, 0.25) is 0 Å². The van der Waals surface area contributed by atoms with Gasteiger partial charge >= 0.3 is 0 Å². The van der Waals surface area contributed by atoms with Crippen LogP contribution in [-0.4, -0.2) is 99.2 Å². The average Bonchev–Trinajstić information content (AvgIpc) is 4.14. The Morgan fingerprint density at radius 3 is 2.42 bits per heavy atom. The molecule has 4 aromatic carbocycles. The zero-order valence-electron chi connectivity index (χ0n) is 39.0. The van der Waals surface area contributed by atoms with Gasteiger partial charge < -0.3 is 20.4 Å². The smallest absolute Gasteiger partial charge is 0.276 e. The molecule has 16 nitrogen and oxygen atoms in total. The van der Waals surface area contributed by atoms with Gasteiger partial charge in [0, 0.05) is 93.1 Å². The van der Waals surface area contributed by atoms with Crippen molar-refractivity contribution in [3.05, 3.63) is 113 Å². The predicted molar refractivity (Wildman–Crippen MR) is 258 cm³/mol. The number of nitrogens with zero attached hydrogens (tertiary/aromatic N) is 7. The summed E-state index contributed by atoms with van der Waals surface area (Å²) in [7, 11) is 3.17. The number of imide groups is 1. The van der Waals surface area contributed by atoms with E-state index in [2.05, 4.69) is 32.0 Å². The summed E-state index contributed by atoms with van der Waals surface area (Å²) in [6, 6.07) is 20.7. The van der Waals surface area contributed by atoms with E-state index < -0.39 is 29.1 Å². The monoisotopic (exact) mass is 932 g/mol. The van der Waals surface area contributed by atoms with Crippen LogP contribution in [0.3, 0.4) is 0 Å². The molecule has 354 valence electrons. The second kappa shape index (κ2) is 17.8. The van der Waals surface area contributed by atoms with Gasteiger partial charge in [-0.05, 0) is 117 Å². The Balaban J connectivity index is 0.887. The topological polar surface area (TPSA) is 184 Å². The van der Waals surface area contributed by atoms with Crippen molar-refractivity contribution in [3.8, 4) is 22.3 Å². The van der Waals surface area contributed by atoms with Gasteiger partial charge in [0.1, 0.15) is 11.9 Å². The number of aryl methyl sites for hydroxylation is 1. The highest BCUT2D eigenvalue weighted by Gasteiger charge is 2.50. The lowest BCUT2D eigenvalue weighted by Gasteiger charge is -2.32. The molecule has 1 atom stereocenters. The number of hydrogen-bond donors (Lipinski definition) is 3. The SMILES string of the molecule is CNC(=O)c1cccc(NC(=O)c2nn(C)c3ccc(-c4ccc(N5CCCC5=O)cc4-c4cnn(C5CCN(CCc6cccc7c6C(C)(C)C(=O)N7C6CCC(=O)NC6=O)CC5)c4)c(F)c23)c1. The molecular weight excluding hydrogens is 880 g/mol. The van der Waals surface area contributed by atoms with Crippen LogP contribution in [0.5, 0.6) is 0 Å². The summed E-state index contributed by atoms with van der Waals surface area (Å²) in [6.45, 7) is 6.82. The second-order valence-corrected chi connectivity index (χ2v) is 18.9. The lowest BCUT2D eigenvalue weighted by Crippen LogP contribution is -2.55. The molecule has 3 fully saturated rings. The number of amides is 6. The van der Waals surface area contributed by atoms with Crippen molar-refractivity contribution in [2.45, 2.75) is 76.3 Å². The number of carbonyl (C=O) groups excluding carboxylic acids is 6. The lowest BCUT2D eigenvalue weighted by molar-refractivity contribution is -0.136. The molecule has 17 heteroatoms. The Hall–Kier alpha value is -7.53. The highest BCUT2D eigenvalue weighted by molar-refractivity contribution is 6.14. The number of halogens is 1. The molecule has 0 radical (unpaired) electrons. The van der Waals surface area contributed by atoms with Crippen LogP contribution < -0.4 is 25.8 Å². The van der Waals surface area contributed by atoms with Crippen molar-refractivity contribution < 1.29 is 33.2 Å². The zero-order valence-corrected chi connectivity index (χ0v) is 39.0.